The number of anilines is 2. The van der Waals surface area contributed by atoms with Gasteiger partial charge in [0.2, 0.25) is 0 Å². The van der Waals surface area contributed by atoms with Crippen molar-refractivity contribution >= 4 is 44.8 Å². The number of halogens is 1. The van der Waals surface area contributed by atoms with E-state index >= 15 is 0 Å². The Morgan fingerprint density at radius 2 is 2.25 bits per heavy atom. The molecule has 2 aromatic rings. The third kappa shape index (κ3) is 3.20. The van der Waals surface area contributed by atoms with Gasteiger partial charge in [-0.1, -0.05) is 0 Å². The molecule has 0 saturated carbocycles. The van der Waals surface area contributed by atoms with Crippen LogP contribution in [-0.2, 0) is 0 Å². The lowest BCUT2D eigenvalue weighted by atomic mass is 10.1. The summed E-state index contributed by atoms with van der Waals surface area (Å²) in [4.78, 5) is 27.6. The number of pyridine rings is 1. The van der Waals surface area contributed by atoms with Gasteiger partial charge >= 0.3 is 6.09 Å². The number of hydrogen-bond donors (Lipinski definition) is 3. The van der Waals surface area contributed by atoms with E-state index in [4.69, 9.17) is 10.2 Å². The molecule has 0 aliphatic carbocycles. The van der Waals surface area contributed by atoms with Crippen LogP contribution in [0, 0.1) is 0 Å². The van der Waals surface area contributed by atoms with E-state index in [-0.39, 0.29) is 12.6 Å². The fraction of sp³-hybridized carbons (Fsp3) is 0.429. The Labute approximate surface area is 146 Å². The van der Waals surface area contributed by atoms with Crippen molar-refractivity contribution in [3.8, 4) is 0 Å². The van der Waals surface area contributed by atoms with Crippen molar-refractivity contribution in [2.24, 2.45) is 0 Å². The van der Waals surface area contributed by atoms with Gasteiger partial charge < -0.3 is 25.3 Å². The van der Waals surface area contributed by atoms with Crippen LogP contribution in [0.2, 0.25) is 0 Å². The van der Waals surface area contributed by atoms with Crippen LogP contribution in [0.4, 0.5) is 16.4 Å². The standard InChI is InChI=1S/C14H17BrN6O3/c1-20(14(23)24)9-6-21(7-9)13-12(16-2-3-22)18-10-4-8(15)5-17-11(10)19-13/h4-5,9,22H,2-3,6-7H2,1H3,(H,16,18)(H,23,24). The van der Waals surface area contributed by atoms with Crippen LogP contribution in [0.3, 0.4) is 0 Å². The SMILES string of the molecule is CN(C(=O)O)C1CN(c2nc3ncc(Br)cc3nc2NCCO)C1. The van der Waals surface area contributed by atoms with Crippen molar-refractivity contribution in [1.29, 1.82) is 0 Å². The van der Waals surface area contributed by atoms with Crippen molar-refractivity contribution < 1.29 is 15.0 Å². The quantitative estimate of drug-likeness (QED) is 0.685. The lowest BCUT2D eigenvalue weighted by Gasteiger charge is -2.43. The van der Waals surface area contributed by atoms with Gasteiger partial charge in [0, 0.05) is 37.4 Å². The summed E-state index contributed by atoms with van der Waals surface area (Å²) in [6, 6.07) is 1.74. The first kappa shape index (κ1) is 16.7. The number of aliphatic hydroxyl groups excluding tert-OH is 1. The van der Waals surface area contributed by atoms with Crippen LogP contribution < -0.4 is 10.2 Å². The number of nitrogens with one attached hydrogen (secondary N) is 1. The summed E-state index contributed by atoms with van der Waals surface area (Å²) in [6.07, 6.45) is 0.702. The number of amides is 1. The maximum atomic E-state index is 11.0. The first-order valence-corrected chi connectivity index (χ1v) is 8.17. The molecule has 10 heteroatoms. The number of nitrogens with zero attached hydrogens (tertiary/aromatic N) is 5. The fourth-order valence-corrected chi connectivity index (χ4v) is 2.78. The molecule has 0 spiro atoms. The summed E-state index contributed by atoms with van der Waals surface area (Å²) in [5.74, 6) is 1.16. The minimum absolute atomic E-state index is 0.0275. The van der Waals surface area contributed by atoms with Crippen molar-refractivity contribution in [1.82, 2.24) is 19.9 Å². The highest BCUT2D eigenvalue weighted by Gasteiger charge is 2.35. The van der Waals surface area contributed by atoms with Crippen molar-refractivity contribution in [3.05, 3.63) is 16.7 Å². The Hall–Kier alpha value is -2.20. The number of fused-ring (bicyclic) bond motifs is 1. The lowest BCUT2D eigenvalue weighted by molar-refractivity contribution is 0.130. The third-order valence-corrected chi connectivity index (χ3v) is 4.32. The van der Waals surface area contributed by atoms with Crippen LogP contribution >= 0.6 is 15.9 Å². The summed E-state index contributed by atoms with van der Waals surface area (Å²) in [7, 11) is 1.56. The number of carbonyl (C=O) groups is 1. The molecule has 9 nitrogen and oxygen atoms in total. The largest absolute Gasteiger partial charge is 0.465 e. The van der Waals surface area contributed by atoms with Gasteiger partial charge in [0.15, 0.2) is 17.3 Å². The van der Waals surface area contributed by atoms with E-state index in [0.29, 0.717) is 42.4 Å². The van der Waals surface area contributed by atoms with Gasteiger partial charge in [-0.2, -0.15) is 0 Å². The average Bonchev–Trinajstić information content (AvgIpc) is 2.51. The number of likely N-dealkylation sites (N-methyl/N-ethyl adjacent to an activating group) is 1. The average molecular weight is 397 g/mol. The fourth-order valence-electron chi connectivity index (χ4n) is 2.46. The van der Waals surface area contributed by atoms with Gasteiger partial charge in [0.25, 0.3) is 0 Å². The smallest absolute Gasteiger partial charge is 0.407 e. The summed E-state index contributed by atoms with van der Waals surface area (Å²) < 4.78 is 0.803. The van der Waals surface area contributed by atoms with Crippen LogP contribution in [0.15, 0.2) is 16.7 Å². The Balaban J connectivity index is 1.88. The molecular weight excluding hydrogens is 380 g/mol. The highest BCUT2D eigenvalue weighted by Crippen LogP contribution is 2.29. The zero-order chi connectivity index (χ0) is 17.3. The minimum Gasteiger partial charge on any atom is -0.465 e. The van der Waals surface area contributed by atoms with Crippen molar-refractivity contribution in [2.45, 2.75) is 6.04 Å². The molecular formula is C14H17BrN6O3. The molecule has 1 aliphatic rings. The maximum absolute atomic E-state index is 11.0. The molecule has 2 aromatic heterocycles. The van der Waals surface area contributed by atoms with Gasteiger partial charge in [-0.05, 0) is 22.0 Å². The summed E-state index contributed by atoms with van der Waals surface area (Å²) in [5, 5.41) is 21.1. The molecule has 1 saturated heterocycles. The first-order chi connectivity index (χ1) is 11.5. The van der Waals surface area contributed by atoms with Crippen LogP contribution in [0.5, 0.6) is 0 Å². The maximum Gasteiger partial charge on any atom is 0.407 e. The summed E-state index contributed by atoms with van der Waals surface area (Å²) in [5.41, 5.74) is 1.14. The van der Waals surface area contributed by atoms with Crippen LogP contribution in [-0.4, -0.2) is 75.5 Å². The molecule has 1 amide bonds. The second-order valence-corrected chi connectivity index (χ2v) is 6.41. The van der Waals surface area contributed by atoms with Crippen LogP contribution in [0.25, 0.3) is 11.2 Å². The van der Waals surface area contributed by atoms with E-state index in [2.05, 4.69) is 36.2 Å². The molecule has 0 aromatic carbocycles. The van der Waals surface area contributed by atoms with Gasteiger partial charge in [0.1, 0.15) is 5.52 Å². The zero-order valence-electron chi connectivity index (χ0n) is 13.0. The number of rotatable bonds is 5. The molecule has 3 heterocycles. The number of carboxylic acid groups (broad SMARTS) is 1. The van der Waals surface area contributed by atoms with Gasteiger partial charge in [0.05, 0.1) is 12.6 Å². The van der Waals surface area contributed by atoms with E-state index in [9.17, 15) is 4.79 Å². The van der Waals surface area contributed by atoms with Crippen LogP contribution in [0.1, 0.15) is 0 Å². The Morgan fingerprint density at radius 3 is 2.92 bits per heavy atom. The second kappa shape index (κ2) is 6.73. The van der Waals surface area contributed by atoms with Gasteiger partial charge in [-0.3, -0.25) is 0 Å². The molecule has 1 fully saturated rings. The normalized spacial score (nSPS) is 14.5. The lowest BCUT2D eigenvalue weighted by Crippen LogP contribution is -2.60. The molecule has 128 valence electrons. The van der Waals surface area contributed by atoms with E-state index in [1.54, 1.807) is 13.2 Å². The molecule has 3 N–H and O–H groups in total. The number of aliphatic hydroxyl groups is 1. The molecule has 0 unspecified atom stereocenters. The summed E-state index contributed by atoms with van der Waals surface area (Å²) in [6.45, 7) is 1.39. The van der Waals surface area contributed by atoms with E-state index in [1.165, 1.54) is 4.90 Å². The molecule has 3 rings (SSSR count). The van der Waals surface area contributed by atoms with E-state index < -0.39 is 6.09 Å². The highest BCUT2D eigenvalue weighted by atomic mass is 79.9. The molecule has 0 bridgehead atoms. The topological polar surface area (TPSA) is 115 Å². The highest BCUT2D eigenvalue weighted by molar-refractivity contribution is 9.10. The predicted octanol–water partition coefficient (Wildman–Crippen LogP) is 0.990. The second-order valence-electron chi connectivity index (χ2n) is 5.49. The summed E-state index contributed by atoms with van der Waals surface area (Å²) >= 11 is 3.36. The molecule has 24 heavy (non-hydrogen) atoms. The number of hydrogen-bond acceptors (Lipinski definition) is 7. The van der Waals surface area contributed by atoms with E-state index in [0.717, 1.165) is 4.47 Å². The van der Waals surface area contributed by atoms with Crippen molar-refractivity contribution in [3.63, 3.8) is 0 Å². The Bertz CT molecular complexity index is 768. The van der Waals surface area contributed by atoms with Gasteiger partial charge in [-0.25, -0.2) is 19.7 Å². The van der Waals surface area contributed by atoms with Gasteiger partial charge in [-0.15, -0.1) is 0 Å². The number of aromatic nitrogens is 3. The first-order valence-electron chi connectivity index (χ1n) is 7.38. The Kier molecular flexibility index (Phi) is 4.67. The molecule has 1 aliphatic heterocycles. The van der Waals surface area contributed by atoms with Crippen molar-refractivity contribution in [2.75, 3.05) is 43.5 Å². The zero-order valence-corrected chi connectivity index (χ0v) is 14.6. The molecule has 0 atom stereocenters. The minimum atomic E-state index is -0.950. The monoisotopic (exact) mass is 396 g/mol. The van der Waals surface area contributed by atoms with E-state index in [1.807, 2.05) is 11.0 Å². The predicted molar refractivity (Wildman–Crippen MR) is 92.4 cm³/mol. The Morgan fingerprint density at radius 1 is 1.50 bits per heavy atom. The molecule has 0 radical (unpaired) electrons. The third-order valence-electron chi connectivity index (χ3n) is 3.89.